The molecule has 86 valence electrons. The van der Waals surface area contributed by atoms with Gasteiger partial charge in [-0.1, -0.05) is 6.92 Å². The molecule has 0 bridgehead atoms. The topological polar surface area (TPSA) is 47.1 Å². The summed E-state index contributed by atoms with van der Waals surface area (Å²) in [7, 11) is 4.12. The van der Waals surface area contributed by atoms with Crippen molar-refractivity contribution < 1.29 is 0 Å². The summed E-state index contributed by atoms with van der Waals surface area (Å²) in [5.74, 6) is 1.01. The monoisotopic (exact) mass is 210 g/mol. The van der Waals surface area contributed by atoms with Crippen molar-refractivity contribution in [2.75, 3.05) is 20.6 Å². The van der Waals surface area contributed by atoms with Crippen LogP contribution in [0.25, 0.3) is 0 Å². The molecule has 0 fully saturated rings. The van der Waals surface area contributed by atoms with E-state index in [0.717, 1.165) is 31.8 Å². The predicted molar refractivity (Wildman–Crippen MR) is 62.6 cm³/mol. The first kappa shape index (κ1) is 12.2. The standard InChI is InChI=1S/C11H22N4/c1-4-7-15-9-6-13-11(15)10(12)5-8-14(2)3/h6,9-10H,4-5,7-8,12H2,1-3H3. The van der Waals surface area contributed by atoms with E-state index in [-0.39, 0.29) is 6.04 Å². The third-order valence-electron chi connectivity index (χ3n) is 2.43. The van der Waals surface area contributed by atoms with Crippen LogP contribution in [0.15, 0.2) is 12.4 Å². The fourth-order valence-corrected chi connectivity index (χ4v) is 1.61. The lowest BCUT2D eigenvalue weighted by molar-refractivity contribution is 0.375. The Labute approximate surface area is 92.1 Å². The van der Waals surface area contributed by atoms with Gasteiger partial charge in [-0.2, -0.15) is 0 Å². The lowest BCUT2D eigenvalue weighted by atomic mass is 10.2. The van der Waals surface area contributed by atoms with Gasteiger partial charge >= 0.3 is 0 Å². The van der Waals surface area contributed by atoms with E-state index >= 15 is 0 Å². The predicted octanol–water partition coefficient (Wildman–Crippen LogP) is 1.24. The molecule has 1 atom stereocenters. The maximum absolute atomic E-state index is 6.11. The molecule has 1 rings (SSSR count). The zero-order chi connectivity index (χ0) is 11.3. The smallest absolute Gasteiger partial charge is 0.125 e. The summed E-state index contributed by atoms with van der Waals surface area (Å²) in [5, 5.41) is 0. The summed E-state index contributed by atoms with van der Waals surface area (Å²) in [6.45, 7) is 4.17. The first-order valence-electron chi connectivity index (χ1n) is 5.56. The second kappa shape index (κ2) is 5.88. The van der Waals surface area contributed by atoms with Gasteiger partial charge in [-0.15, -0.1) is 0 Å². The van der Waals surface area contributed by atoms with Crippen molar-refractivity contribution in [3.63, 3.8) is 0 Å². The quantitative estimate of drug-likeness (QED) is 0.768. The summed E-state index contributed by atoms with van der Waals surface area (Å²) in [6, 6.07) is 0.0500. The van der Waals surface area contributed by atoms with E-state index in [0.29, 0.717) is 0 Å². The van der Waals surface area contributed by atoms with E-state index in [9.17, 15) is 0 Å². The summed E-state index contributed by atoms with van der Waals surface area (Å²) >= 11 is 0. The average Bonchev–Trinajstić information content (AvgIpc) is 2.63. The Kier molecular flexibility index (Phi) is 4.78. The highest BCUT2D eigenvalue weighted by Crippen LogP contribution is 2.12. The molecule has 1 unspecified atom stereocenters. The van der Waals surface area contributed by atoms with Crippen molar-refractivity contribution in [3.8, 4) is 0 Å². The second-order valence-electron chi connectivity index (χ2n) is 4.18. The first-order valence-corrected chi connectivity index (χ1v) is 5.56. The molecular formula is C11H22N4. The SMILES string of the molecule is CCCn1ccnc1C(N)CCN(C)C. The third-order valence-corrected chi connectivity index (χ3v) is 2.43. The van der Waals surface area contributed by atoms with Gasteiger partial charge in [-0.05, 0) is 33.5 Å². The highest BCUT2D eigenvalue weighted by molar-refractivity contribution is 4.98. The van der Waals surface area contributed by atoms with Crippen LogP contribution in [0.5, 0.6) is 0 Å². The summed E-state index contributed by atoms with van der Waals surface area (Å²) in [5.41, 5.74) is 6.11. The molecule has 0 amide bonds. The van der Waals surface area contributed by atoms with E-state index in [1.165, 1.54) is 0 Å². The van der Waals surface area contributed by atoms with Gasteiger partial charge < -0.3 is 15.2 Å². The number of nitrogens with zero attached hydrogens (tertiary/aromatic N) is 3. The minimum Gasteiger partial charge on any atom is -0.334 e. The minimum atomic E-state index is 0.0500. The van der Waals surface area contributed by atoms with Crippen LogP contribution < -0.4 is 5.73 Å². The van der Waals surface area contributed by atoms with E-state index in [1.54, 1.807) is 0 Å². The van der Waals surface area contributed by atoms with Crippen LogP contribution in [-0.4, -0.2) is 35.1 Å². The molecular weight excluding hydrogens is 188 g/mol. The maximum Gasteiger partial charge on any atom is 0.125 e. The van der Waals surface area contributed by atoms with Gasteiger partial charge in [0.1, 0.15) is 5.82 Å². The molecule has 0 saturated heterocycles. The van der Waals surface area contributed by atoms with Gasteiger partial charge in [0.05, 0.1) is 6.04 Å². The fraction of sp³-hybridized carbons (Fsp3) is 0.727. The van der Waals surface area contributed by atoms with Crippen LogP contribution in [0.1, 0.15) is 31.6 Å². The van der Waals surface area contributed by atoms with Crippen molar-refractivity contribution in [2.24, 2.45) is 5.73 Å². The van der Waals surface area contributed by atoms with Crippen molar-refractivity contribution in [1.29, 1.82) is 0 Å². The number of rotatable bonds is 6. The molecule has 1 aromatic rings. The number of nitrogens with two attached hydrogens (primary N) is 1. The van der Waals surface area contributed by atoms with Crippen molar-refractivity contribution in [1.82, 2.24) is 14.5 Å². The minimum absolute atomic E-state index is 0.0500. The molecule has 0 saturated carbocycles. The average molecular weight is 210 g/mol. The van der Waals surface area contributed by atoms with Crippen LogP contribution in [0.3, 0.4) is 0 Å². The number of aromatic nitrogens is 2. The summed E-state index contributed by atoms with van der Waals surface area (Å²) < 4.78 is 2.15. The lowest BCUT2D eigenvalue weighted by Gasteiger charge is -2.16. The Morgan fingerprint density at radius 1 is 1.53 bits per heavy atom. The number of imidazole rings is 1. The molecule has 2 N–H and O–H groups in total. The first-order chi connectivity index (χ1) is 7.15. The van der Waals surface area contributed by atoms with Crippen LogP contribution >= 0.6 is 0 Å². The Bertz CT molecular complexity index is 280. The van der Waals surface area contributed by atoms with E-state index in [4.69, 9.17) is 5.73 Å². The highest BCUT2D eigenvalue weighted by Gasteiger charge is 2.11. The van der Waals surface area contributed by atoms with Crippen LogP contribution in [0.2, 0.25) is 0 Å². The second-order valence-corrected chi connectivity index (χ2v) is 4.18. The zero-order valence-corrected chi connectivity index (χ0v) is 9.98. The van der Waals surface area contributed by atoms with Gasteiger partial charge in [0.15, 0.2) is 0 Å². The van der Waals surface area contributed by atoms with Gasteiger partial charge in [0.2, 0.25) is 0 Å². The van der Waals surface area contributed by atoms with Crippen LogP contribution in [0.4, 0.5) is 0 Å². The number of aryl methyl sites for hydroxylation is 1. The Balaban J connectivity index is 2.56. The zero-order valence-electron chi connectivity index (χ0n) is 9.98. The van der Waals surface area contributed by atoms with Crippen LogP contribution in [0, 0.1) is 0 Å². The Morgan fingerprint density at radius 3 is 2.87 bits per heavy atom. The number of hydrogen-bond acceptors (Lipinski definition) is 3. The molecule has 1 heterocycles. The highest BCUT2D eigenvalue weighted by atomic mass is 15.1. The lowest BCUT2D eigenvalue weighted by Crippen LogP contribution is -2.22. The van der Waals surface area contributed by atoms with Gasteiger partial charge in [0, 0.05) is 18.9 Å². The Hall–Kier alpha value is -0.870. The van der Waals surface area contributed by atoms with Gasteiger partial charge in [0.25, 0.3) is 0 Å². The molecule has 0 spiro atoms. The molecule has 0 radical (unpaired) electrons. The molecule has 0 aromatic carbocycles. The van der Waals surface area contributed by atoms with Crippen LogP contribution in [-0.2, 0) is 6.54 Å². The normalized spacial score (nSPS) is 13.4. The largest absolute Gasteiger partial charge is 0.334 e. The molecule has 0 aliphatic carbocycles. The molecule has 0 aliphatic rings. The summed E-state index contributed by atoms with van der Waals surface area (Å²) in [6.07, 6.45) is 5.91. The fourth-order valence-electron chi connectivity index (χ4n) is 1.61. The molecule has 0 aliphatic heterocycles. The third kappa shape index (κ3) is 3.64. The Morgan fingerprint density at radius 2 is 2.27 bits per heavy atom. The molecule has 1 aromatic heterocycles. The summed E-state index contributed by atoms with van der Waals surface area (Å²) in [4.78, 5) is 6.48. The van der Waals surface area contributed by atoms with E-state index in [2.05, 4.69) is 35.5 Å². The molecule has 4 heteroatoms. The van der Waals surface area contributed by atoms with Gasteiger partial charge in [-0.3, -0.25) is 0 Å². The molecule has 15 heavy (non-hydrogen) atoms. The van der Waals surface area contributed by atoms with Crippen molar-refractivity contribution in [2.45, 2.75) is 32.4 Å². The molecule has 4 nitrogen and oxygen atoms in total. The van der Waals surface area contributed by atoms with E-state index < -0.39 is 0 Å². The van der Waals surface area contributed by atoms with E-state index in [1.807, 2.05) is 12.4 Å². The van der Waals surface area contributed by atoms with Gasteiger partial charge in [-0.25, -0.2) is 4.98 Å². The maximum atomic E-state index is 6.11. The van der Waals surface area contributed by atoms with Crippen molar-refractivity contribution in [3.05, 3.63) is 18.2 Å². The van der Waals surface area contributed by atoms with Crippen molar-refractivity contribution >= 4 is 0 Å². The number of hydrogen-bond donors (Lipinski definition) is 1.